The van der Waals surface area contributed by atoms with Gasteiger partial charge in [0.15, 0.2) is 0 Å². The Labute approximate surface area is 260 Å². The largest absolute Gasteiger partial charge is 1.00 e. The van der Waals surface area contributed by atoms with Crippen molar-refractivity contribution in [3.63, 3.8) is 0 Å². The molecule has 6 nitrogen and oxygen atoms in total. The van der Waals surface area contributed by atoms with Crippen LogP contribution in [0.15, 0.2) is 0 Å². The maximum atomic E-state index is 12.8. The molecule has 224 valence electrons. The molecule has 1 amide bonds. The second-order valence-electron chi connectivity index (χ2n) is 11.0. The van der Waals surface area contributed by atoms with Crippen molar-refractivity contribution in [3.8, 4) is 0 Å². The number of rotatable bonds is 27. The van der Waals surface area contributed by atoms with Gasteiger partial charge in [-0.2, -0.15) is 8.42 Å². The number of carbonyl (C=O) groups excluding carboxylic acids is 1. The molecule has 8 heteroatoms. The minimum Gasteiger partial charge on any atom is -1.00 e. The molecule has 0 aromatic carbocycles. The van der Waals surface area contributed by atoms with Crippen molar-refractivity contribution in [3.05, 3.63) is 0 Å². The van der Waals surface area contributed by atoms with Crippen LogP contribution in [0.2, 0.25) is 0 Å². The van der Waals surface area contributed by atoms with E-state index in [9.17, 15) is 22.9 Å². The van der Waals surface area contributed by atoms with E-state index in [0.717, 1.165) is 77.3 Å². The third-order valence-corrected chi connectivity index (χ3v) is 8.78. The van der Waals surface area contributed by atoms with Crippen molar-refractivity contribution < 1.29 is 53.9 Å². The second kappa shape index (κ2) is 27.5. The van der Waals surface area contributed by atoms with Gasteiger partial charge in [-0.25, -0.2) is 0 Å². The van der Waals surface area contributed by atoms with E-state index < -0.39 is 21.5 Å². The van der Waals surface area contributed by atoms with Crippen LogP contribution in [0.1, 0.15) is 163 Å². The molecule has 2 unspecified atom stereocenters. The van der Waals surface area contributed by atoms with Crippen LogP contribution in [0.3, 0.4) is 0 Å². The Bertz CT molecular complexity index is 627. The van der Waals surface area contributed by atoms with E-state index in [0.29, 0.717) is 25.7 Å². The van der Waals surface area contributed by atoms with Gasteiger partial charge in [0.1, 0.15) is 5.25 Å². The van der Waals surface area contributed by atoms with Crippen molar-refractivity contribution in [2.75, 3.05) is 13.1 Å². The molecule has 0 radical (unpaired) electrons. The molecule has 0 spiro atoms. The summed E-state index contributed by atoms with van der Waals surface area (Å²) in [6.45, 7) is 8.34. The van der Waals surface area contributed by atoms with Gasteiger partial charge >= 0.3 is 29.6 Å². The Morgan fingerprint density at radius 1 is 0.658 bits per heavy atom. The van der Waals surface area contributed by atoms with Gasteiger partial charge in [-0.1, -0.05) is 124 Å². The summed E-state index contributed by atoms with van der Waals surface area (Å²) in [5.74, 6) is 0.286. The van der Waals surface area contributed by atoms with Crippen LogP contribution in [0.25, 0.3) is 0 Å². The quantitative estimate of drug-likeness (QED) is 0.0804. The standard InChI is InChI=1S/C30H61NO5S.Na.H/c1-4-7-10-13-16-19-24-29(37(34,35)36)28(32)23-18-15-14-17-20-25-30(33)31(26-21-11-8-5-2)27-22-12-9-6-3;;/h28-29,32H,4-27H2,1-3H3,(H,34,35,36);;/q;+1;-1. The fourth-order valence-electron chi connectivity index (χ4n) is 4.99. The first-order chi connectivity index (χ1) is 17.8. The number of hydrogen-bond acceptors (Lipinski definition) is 4. The Morgan fingerprint density at radius 3 is 1.53 bits per heavy atom. The summed E-state index contributed by atoms with van der Waals surface area (Å²) in [7, 11) is -4.24. The zero-order valence-corrected chi connectivity index (χ0v) is 28.4. The number of aliphatic hydroxyl groups excluding tert-OH is 1. The summed E-state index contributed by atoms with van der Waals surface area (Å²) in [5.41, 5.74) is 0. The number of amides is 1. The average Bonchev–Trinajstić information content (AvgIpc) is 2.85. The Hall–Kier alpha value is 0.340. The number of carbonyl (C=O) groups is 1. The van der Waals surface area contributed by atoms with E-state index in [1.807, 2.05) is 0 Å². The van der Waals surface area contributed by atoms with Crippen molar-refractivity contribution in [2.24, 2.45) is 0 Å². The molecule has 0 rings (SSSR count). The molecule has 0 heterocycles. The van der Waals surface area contributed by atoms with Crippen LogP contribution in [0.5, 0.6) is 0 Å². The molecule has 0 fully saturated rings. The first-order valence-electron chi connectivity index (χ1n) is 15.7. The van der Waals surface area contributed by atoms with Crippen molar-refractivity contribution in [1.29, 1.82) is 0 Å². The maximum absolute atomic E-state index is 12.8. The number of unbranched alkanes of at least 4 members (excludes halogenated alkanes) is 15. The number of aliphatic hydroxyl groups is 1. The van der Waals surface area contributed by atoms with Crippen molar-refractivity contribution in [1.82, 2.24) is 4.90 Å². The smallest absolute Gasteiger partial charge is 1.00 e. The van der Waals surface area contributed by atoms with Crippen molar-refractivity contribution >= 4 is 16.0 Å². The van der Waals surface area contributed by atoms with Crippen LogP contribution in [0.4, 0.5) is 0 Å². The zero-order chi connectivity index (χ0) is 27.8. The predicted octanol–water partition coefficient (Wildman–Crippen LogP) is 5.19. The predicted molar refractivity (Wildman–Crippen MR) is 158 cm³/mol. The van der Waals surface area contributed by atoms with E-state index in [1.165, 1.54) is 51.4 Å². The molecule has 2 atom stereocenters. The SMILES string of the molecule is CCCCCCCCC(C(O)CCCCCCCC(=O)N(CCCCCC)CCCCCC)S(=O)(=O)O.[H-].[Na+]. The Kier molecular flexibility index (Phi) is 29.3. The topological polar surface area (TPSA) is 94.9 Å². The Balaban J connectivity index is -0.00000648. The van der Waals surface area contributed by atoms with Crippen LogP contribution in [-0.2, 0) is 14.9 Å². The monoisotopic (exact) mass is 571 g/mol. The summed E-state index contributed by atoms with van der Waals surface area (Å²) in [6.07, 6.45) is 20.5. The molecule has 0 aliphatic rings. The van der Waals surface area contributed by atoms with Crippen LogP contribution >= 0.6 is 0 Å². The van der Waals surface area contributed by atoms with Gasteiger partial charge in [-0.05, 0) is 32.1 Å². The number of hydrogen-bond donors (Lipinski definition) is 2. The third kappa shape index (κ3) is 23.1. The fraction of sp³-hybridized carbons (Fsp3) is 0.967. The van der Waals surface area contributed by atoms with Gasteiger partial charge in [0.25, 0.3) is 10.1 Å². The molecule has 0 saturated carbocycles. The van der Waals surface area contributed by atoms with Crippen LogP contribution < -0.4 is 29.6 Å². The minimum atomic E-state index is -4.24. The normalized spacial score (nSPS) is 13.2. The van der Waals surface area contributed by atoms with Gasteiger partial charge in [0, 0.05) is 19.5 Å². The van der Waals surface area contributed by atoms with E-state index in [-0.39, 0.29) is 36.9 Å². The third-order valence-electron chi connectivity index (χ3n) is 7.46. The second-order valence-corrected chi connectivity index (χ2v) is 12.6. The molecule has 0 saturated heterocycles. The Morgan fingerprint density at radius 2 is 1.05 bits per heavy atom. The van der Waals surface area contributed by atoms with Gasteiger partial charge < -0.3 is 11.4 Å². The van der Waals surface area contributed by atoms with E-state index >= 15 is 0 Å². The summed E-state index contributed by atoms with van der Waals surface area (Å²) in [6, 6.07) is 0. The maximum Gasteiger partial charge on any atom is 1.00 e. The summed E-state index contributed by atoms with van der Waals surface area (Å²) in [5, 5.41) is 9.37. The molecule has 0 bridgehead atoms. The summed E-state index contributed by atoms with van der Waals surface area (Å²) < 4.78 is 33.2. The summed E-state index contributed by atoms with van der Waals surface area (Å²) >= 11 is 0. The molecule has 0 aromatic rings. The molecular weight excluding hydrogens is 509 g/mol. The van der Waals surface area contributed by atoms with Gasteiger partial charge in [0.05, 0.1) is 6.10 Å². The van der Waals surface area contributed by atoms with Crippen LogP contribution in [0, 0.1) is 0 Å². The number of nitrogens with zero attached hydrogens (tertiary/aromatic N) is 1. The first kappa shape index (κ1) is 40.5. The summed E-state index contributed by atoms with van der Waals surface area (Å²) in [4.78, 5) is 14.9. The van der Waals surface area contributed by atoms with Gasteiger partial charge in [-0.15, -0.1) is 0 Å². The first-order valence-corrected chi connectivity index (χ1v) is 17.2. The zero-order valence-electron chi connectivity index (χ0n) is 26.6. The average molecular weight is 572 g/mol. The molecule has 0 aliphatic heterocycles. The van der Waals surface area contributed by atoms with Gasteiger partial charge in [-0.3, -0.25) is 9.35 Å². The van der Waals surface area contributed by atoms with E-state index in [1.54, 1.807) is 0 Å². The van der Waals surface area contributed by atoms with Crippen LogP contribution in [-0.4, -0.2) is 53.3 Å². The fourth-order valence-corrected chi connectivity index (χ4v) is 5.99. The molecule has 0 aromatic heterocycles. The van der Waals surface area contributed by atoms with Crippen molar-refractivity contribution in [2.45, 2.75) is 173 Å². The van der Waals surface area contributed by atoms with E-state index in [4.69, 9.17) is 0 Å². The van der Waals surface area contributed by atoms with E-state index in [2.05, 4.69) is 25.7 Å². The van der Waals surface area contributed by atoms with Gasteiger partial charge in [0.2, 0.25) is 5.91 Å². The molecule has 2 N–H and O–H groups in total. The molecule has 0 aliphatic carbocycles. The minimum absolute atomic E-state index is 0. The molecule has 38 heavy (non-hydrogen) atoms. The molecular formula is C30H62NNaO5S.